The summed E-state index contributed by atoms with van der Waals surface area (Å²) in [6.07, 6.45) is 7.55. The van der Waals surface area contributed by atoms with Gasteiger partial charge in [0.2, 0.25) is 70.9 Å². The number of nitrogens with two attached hydrogens (primary N) is 4. The predicted octanol–water partition coefficient (Wildman–Crippen LogP) is 6.12. The lowest BCUT2D eigenvalue weighted by Crippen LogP contribution is -2.62. The summed E-state index contributed by atoms with van der Waals surface area (Å²) in [4.78, 5) is 214. The Morgan fingerprint density at radius 2 is 0.702 bits per heavy atom. The number of nitrogens with one attached hydrogen (secondary N) is 11. The highest BCUT2D eigenvalue weighted by molar-refractivity contribution is 7.14. The molecule has 2 fully saturated rings. The number of rotatable bonds is 26. The zero-order valence-electron chi connectivity index (χ0n) is 75.5. The predicted molar refractivity (Wildman–Crippen MR) is 483 cm³/mol. The van der Waals surface area contributed by atoms with Gasteiger partial charge in [-0.25, -0.2) is 0 Å². The summed E-state index contributed by atoms with van der Waals surface area (Å²) < 4.78 is 0. The number of carbonyl (C=O) groups is 14. The van der Waals surface area contributed by atoms with Gasteiger partial charge >= 0.3 is 0 Å². The molecule has 0 radical (unpaired) electrons. The van der Waals surface area contributed by atoms with Gasteiger partial charge < -0.3 is 91.2 Å². The molecule has 5 heterocycles. The topological polar surface area (TPSA) is 482 Å². The van der Waals surface area contributed by atoms with E-state index < -0.39 is 179 Å². The van der Waals surface area contributed by atoms with Crippen LogP contribution in [0.4, 0.5) is 0 Å². The normalized spacial score (nSPS) is 25.1. The second-order valence-electron chi connectivity index (χ2n) is 36.1. The number of carbonyl (C=O) groups excluding carboxylic acids is 14. The summed E-state index contributed by atoms with van der Waals surface area (Å²) in [5, 5.41) is 31.9. The van der Waals surface area contributed by atoms with Gasteiger partial charge in [0.05, 0.1) is 15.8 Å². The first-order chi connectivity index (χ1) is 58.9. The number of fused-ring (bicyclic) bond motifs is 8. The van der Waals surface area contributed by atoms with Crippen LogP contribution in [0.5, 0.6) is 0 Å². The highest BCUT2D eigenvalue weighted by atomic mass is 32.1. The zero-order valence-corrected chi connectivity index (χ0v) is 77.2. The fourth-order valence-corrected chi connectivity index (χ4v) is 18.7. The van der Waals surface area contributed by atoms with Crippen LogP contribution in [0.1, 0.15) is 264 Å². The van der Waals surface area contributed by atoms with Gasteiger partial charge in [-0.1, -0.05) is 113 Å². The van der Waals surface area contributed by atoms with Gasteiger partial charge in [0.15, 0.2) is 5.78 Å². The molecule has 31 nitrogen and oxygen atoms in total. The molecule has 7 rings (SSSR count). The van der Waals surface area contributed by atoms with Crippen LogP contribution in [-0.4, -0.2) is 210 Å². The minimum Gasteiger partial charge on any atom is -0.343 e. The molecule has 4 aliphatic rings. The average Bonchev–Trinajstić information content (AvgIpc) is 1.62. The van der Waals surface area contributed by atoms with E-state index >= 15 is 19.2 Å². The number of unbranched alkanes of at least 4 members (excludes halogenated alkanes) is 4. The van der Waals surface area contributed by atoms with E-state index in [9.17, 15) is 47.9 Å². The summed E-state index contributed by atoms with van der Waals surface area (Å²) in [5.41, 5.74) is 28.3. The minimum absolute atomic E-state index is 0.0483. The molecular weight excluding hydrogens is 1620 g/mol. The first kappa shape index (κ1) is 102. The molecule has 1 aromatic carbocycles. The summed E-state index contributed by atoms with van der Waals surface area (Å²) >= 11 is 2.62. The Balaban J connectivity index is 1.27. The summed E-state index contributed by atoms with van der Waals surface area (Å²) in [6.45, 7) is 26.7. The molecule has 688 valence electrons. The van der Waals surface area contributed by atoms with E-state index in [4.69, 9.17) is 22.9 Å². The highest BCUT2D eigenvalue weighted by Crippen LogP contribution is 2.46. The lowest BCUT2D eigenvalue weighted by Gasteiger charge is -2.32. The molecule has 0 unspecified atom stereocenters. The van der Waals surface area contributed by atoms with Crippen molar-refractivity contribution in [1.82, 2.24) is 68.3 Å². The number of allylic oxidation sites excluding steroid dienone is 2. The molecule has 33 heteroatoms. The summed E-state index contributed by atoms with van der Waals surface area (Å²) in [6, 6.07) is -3.02. The van der Waals surface area contributed by atoms with Gasteiger partial charge in [-0.15, -0.1) is 22.7 Å². The van der Waals surface area contributed by atoms with Crippen LogP contribution in [0, 0.1) is 49.4 Å². The Kier molecular flexibility index (Phi) is 41.0. The largest absolute Gasteiger partial charge is 0.343 e. The Hall–Kier alpha value is -9.02. The number of hydrogen-bond donors (Lipinski definition) is 15. The van der Waals surface area contributed by atoms with Gasteiger partial charge in [-0.3, -0.25) is 67.1 Å². The lowest BCUT2D eigenvalue weighted by atomic mass is 9.96. The Morgan fingerprint density at radius 3 is 1.12 bits per heavy atom. The van der Waals surface area contributed by atoms with Gasteiger partial charge in [0, 0.05) is 29.3 Å². The molecule has 2 saturated heterocycles. The average molecular weight is 1760 g/mol. The molecule has 124 heavy (non-hydrogen) atoms. The fourth-order valence-electron chi connectivity index (χ4n) is 16.7. The van der Waals surface area contributed by atoms with Crippen LogP contribution in [-0.2, 0) is 64.0 Å². The third kappa shape index (κ3) is 29.0. The van der Waals surface area contributed by atoms with Crippen molar-refractivity contribution in [3.05, 3.63) is 78.7 Å². The van der Waals surface area contributed by atoms with E-state index in [1.54, 1.807) is 90.6 Å². The van der Waals surface area contributed by atoms with Crippen LogP contribution in [0.3, 0.4) is 0 Å². The third-order valence-corrected chi connectivity index (χ3v) is 25.8. The quantitative estimate of drug-likeness (QED) is 0.0402. The number of Topliss-reactive ketones (excluding diaryl/α,β-unsaturated/α-hetero) is 1. The van der Waals surface area contributed by atoms with E-state index in [2.05, 4.69) is 58.5 Å². The maximum Gasteiger partial charge on any atom is 0.262 e. The second kappa shape index (κ2) is 49.8. The Morgan fingerprint density at radius 1 is 0.363 bits per heavy atom. The number of nitrogens with zero attached hydrogens (tertiary/aromatic N) is 2. The molecule has 3 aromatic rings. The molecule has 0 saturated carbocycles. The molecule has 1 aliphatic carbocycles. The fraction of sp³-hybridized carbons (Fsp3) is 0.670. The van der Waals surface area contributed by atoms with Crippen molar-refractivity contribution >= 4 is 116 Å². The standard InChI is InChI=1S/C91H143N17O14S2/c1-50(2)45-67-83(114)96-65(35-20-24-41-94)81(112)103-75(53(7)8)89(120)102-69(47-58-29-16-15-17-30-58)90(121)108-44-28-38-71(108)85(116)97-63(33-18-22-39-92)79(110)101-68(46-51(3)4)84(115)104-74(52(5)6)87(118)99-66(36-21-25-42-95)82(113)106-77(55(11)12)91(122)107-43-27-37-70(107)78(109)72-48-61(56(13)123-72)59-31-26-32-60(59)62-49-73(124-57(62)14)86(117)105-76(54(9)10)88(119)98-64(80(111)100-67)34-19-23-40-93/h15-17,29-30,48-55,63-71,74-77H,18-28,31-47,92-95H2,1-14H3,(H,96,114)(H,97,116)(H,98,119)(H,99,118)(H,100,111)(H,101,110)(H,102,120)(H,103,112)(H,104,115)(H,105,117)(H,106,113)/t63-,64+,65+,66+,67+,68+,69-,70-,71+,74+,75+,76+,77+/m1/s1. The van der Waals surface area contributed by atoms with Crippen LogP contribution < -0.4 is 81.4 Å². The number of aryl methyl sites for hydroxylation is 2. The first-order valence-electron chi connectivity index (χ1n) is 45.2. The van der Waals surface area contributed by atoms with Gasteiger partial charge in [0.1, 0.15) is 72.5 Å². The van der Waals surface area contributed by atoms with Crippen molar-refractivity contribution in [1.29, 1.82) is 0 Å². The smallest absolute Gasteiger partial charge is 0.262 e. The highest BCUT2D eigenvalue weighted by Gasteiger charge is 2.45. The molecular formula is C91H143N17O14S2. The van der Waals surface area contributed by atoms with Crippen molar-refractivity contribution in [3.8, 4) is 0 Å². The van der Waals surface area contributed by atoms with E-state index in [0.717, 1.165) is 38.4 Å². The zero-order chi connectivity index (χ0) is 91.3. The van der Waals surface area contributed by atoms with Crippen molar-refractivity contribution in [2.24, 2.45) is 58.4 Å². The van der Waals surface area contributed by atoms with Crippen LogP contribution >= 0.6 is 22.7 Å². The SMILES string of the molecule is Cc1sc2cc1C1=C(CCC1)c1cc(sc1C)C(=O)[C@H]1CCCN1C(=O)[C@H](C(C)C)NC(=O)[C@H](CCCCN)NC(=O)[C@H](C(C)C)NC(=O)[C@H](CC(C)C)NC(=O)[C@@H](CCCCN)NC(=O)[C@@H]1CCCN1C(=O)[C@@H](Cc1ccccc1)NC(=O)[C@H](C(C)C)NC(=O)[C@H](CCCCN)NC(=O)[C@H](CC(C)C)NC(=O)[C@H](CCCCN)NC(=O)[C@H](C(C)C)NC2=O. The molecule has 4 bridgehead atoms. The van der Waals surface area contributed by atoms with E-state index in [0.29, 0.717) is 98.8 Å². The van der Waals surface area contributed by atoms with Crippen molar-refractivity contribution in [2.45, 2.75) is 317 Å². The lowest BCUT2D eigenvalue weighted by molar-refractivity contribution is -0.143. The maximum atomic E-state index is 15.4. The second-order valence-corrected chi connectivity index (χ2v) is 38.6. The van der Waals surface area contributed by atoms with Crippen LogP contribution in [0.15, 0.2) is 42.5 Å². The van der Waals surface area contributed by atoms with Gasteiger partial charge in [-0.2, -0.15) is 0 Å². The van der Waals surface area contributed by atoms with Gasteiger partial charge in [0.25, 0.3) is 5.91 Å². The number of ketones is 1. The van der Waals surface area contributed by atoms with Crippen LogP contribution in [0.25, 0.3) is 11.1 Å². The molecule has 3 aliphatic heterocycles. The van der Waals surface area contributed by atoms with Crippen molar-refractivity contribution in [2.75, 3.05) is 39.3 Å². The Labute approximate surface area is 740 Å². The monoisotopic (exact) mass is 1760 g/mol. The summed E-state index contributed by atoms with van der Waals surface area (Å²) in [7, 11) is 0. The number of amides is 13. The molecule has 0 spiro atoms. The molecule has 2 aromatic heterocycles. The van der Waals surface area contributed by atoms with E-state index in [1.165, 1.54) is 27.6 Å². The summed E-state index contributed by atoms with van der Waals surface area (Å²) in [5.74, 6) is -11.4. The van der Waals surface area contributed by atoms with Crippen LogP contribution in [0.2, 0.25) is 0 Å². The number of hydrogen-bond acceptors (Lipinski definition) is 20. The maximum absolute atomic E-state index is 15.4. The number of thiophene rings is 2. The molecule has 19 N–H and O–H groups in total. The van der Waals surface area contributed by atoms with E-state index in [1.807, 2.05) is 53.7 Å². The number of benzene rings is 1. The van der Waals surface area contributed by atoms with Crippen molar-refractivity contribution in [3.63, 3.8) is 0 Å². The van der Waals surface area contributed by atoms with Crippen molar-refractivity contribution < 1.29 is 67.1 Å². The third-order valence-electron chi connectivity index (χ3n) is 23.7. The van der Waals surface area contributed by atoms with Gasteiger partial charge in [-0.05, 0) is 250 Å². The Bertz CT molecular complexity index is 4180. The molecule has 13 atom stereocenters. The minimum atomic E-state index is -1.32. The molecule has 13 amide bonds. The first-order valence-corrected chi connectivity index (χ1v) is 46.8. The van der Waals surface area contributed by atoms with E-state index in [-0.39, 0.29) is 108 Å².